The highest BCUT2D eigenvalue weighted by atomic mass is 32.3. The Bertz CT molecular complexity index is 393. The van der Waals surface area contributed by atoms with Crippen LogP contribution >= 0.6 is 0 Å². The summed E-state index contributed by atoms with van der Waals surface area (Å²) in [6, 6.07) is 4.89. The van der Waals surface area contributed by atoms with Gasteiger partial charge in [0.25, 0.3) is 0 Å². The largest absolute Gasteiger partial charge is 0.508 e. The maximum absolute atomic E-state index is 8.88. The van der Waals surface area contributed by atoms with E-state index in [0.717, 1.165) is 5.56 Å². The monoisotopic (exact) mass is 221 g/mol. The van der Waals surface area contributed by atoms with Crippen molar-refractivity contribution in [1.82, 2.24) is 0 Å². The van der Waals surface area contributed by atoms with Crippen molar-refractivity contribution in [2.24, 2.45) is 0 Å². The molecule has 0 bridgehead atoms. The van der Waals surface area contributed by atoms with Crippen molar-refractivity contribution in [1.29, 1.82) is 0 Å². The van der Waals surface area contributed by atoms with Crippen molar-refractivity contribution in [3.8, 4) is 5.75 Å². The molecule has 0 aliphatic carbocycles. The fourth-order valence-corrected chi connectivity index (χ4v) is 0.660. The van der Waals surface area contributed by atoms with Crippen molar-refractivity contribution in [3.05, 3.63) is 23.8 Å². The molecule has 5 N–H and O–H groups in total. The molecule has 0 radical (unpaired) electrons. The first-order chi connectivity index (χ1) is 6.20. The fraction of sp³-hybridized carbons (Fsp3) is 0.143. The van der Waals surface area contributed by atoms with Crippen LogP contribution in [-0.2, 0) is 10.4 Å². The Labute approximate surface area is 81.6 Å². The van der Waals surface area contributed by atoms with E-state index in [4.69, 9.17) is 28.4 Å². The SMILES string of the molecule is Cc1cc(O)ccc1N.O=S(=O)(O)O. The molecule has 0 aliphatic heterocycles. The molecule has 0 amide bonds. The standard InChI is InChI=1S/C7H9NO.H2O4S/c1-5-4-6(9)2-3-7(5)8;1-5(2,3)4/h2-4,9H,8H2,1H3;(H2,1,2,3,4). The van der Waals surface area contributed by atoms with Gasteiger partial charge in [-0.1, -0.05) is 0 Å². The van der Waals surface area contributed by atoms with E-state index >= 15 is 0 Å². The smallest absolute Gasteiger partial charge is 0.394 e. The molecule has 80 valence electrons. The summed E-state index contributed by atoms with van der Waals surface area (Å²) in [6.07, 6.45) is 0. The summed E-state index contributed by atoms with van der Waals surface area (Å²) in [5.41, 5.74) is 7.11. The van der Waals surface area contributed by atoms with Gasteiger partial charge in [0.05, 0.1) is 0 Å². The molecule has 0 fully saturated rings. The molecule has 0 atom stereocenters. The molecule has 1 aromatic rings. The topological polar surface area (TPSA) is 121 Å². The summed E-state index contributed by atoms with van der Waals surface area (Å²) in [7, 11) is -4.67. The minimum atomic E-state index is -4.67. The molecule has 1 aromatic carbocycles. The molecule has 0 heterocycles. The molecule has 7 heteroatoms. The highest BCUT2D eigenvalue weighted by Crippen LogP contribution is 2.16. The molecule has 1 rings (SSSR count). The average molecular weight is 221 g/mol. The number of aromatic hydroxyl groups is 1. The van der Waals surface area contributed by atoms with Crippen molar-refractivity contribution >= 4 is 16.1 Å². The molecular formula is C7H11NO5S. The molecule has 0 unspecified atom stereocenters. The molecule has 0 aromatic heterocycles. The first-order valence-corrected chi connectivity index (χ1v) is 4.85. The fourth-order valence-electron chi connectivity index (χ4n) is 0.660. The minimum Gasteiger partial charge on any atom is -0.508 e. The average Bonchev–Trinajstić information content (AvgIpc) is 1.94. The zero-order valence-electron chi connectivity index (χ0n) is 7.38. The van der Waals surface area contributed by atoms with Crippen LogP contribution in [0.25, 0.3) is 0 Å². The highest BCUT2D eigenvalue weighted by molar-refractivity contribution is 7.79. The van der Waals surface area contributed by atoms with Crippen LogP contribution in [0.5, 0.6) is 5.75 Å². The van der Waals surface area contributed by atoms with E-state index in [0.29, 0.717) is 5.69 Å². The van der Waals surface area contributed by atoms with Gasteiger partial charge in [-0.05, 0) is 30.7 Å². The third-order valence-electron chi connectivity index (χ3n) is 1.25. The van der Waals surface area contributed by atoms with Gasteiger partial charge in [0, 0.05) is 5.69 Å². The Morgan fingerprint density at radius 3 is 2.00 bits per heavy atom. The van der Waals surface area contributed by atoms with Crippen molar-refractivity contribution in [2.75, 3.05) is 5.73 Å². The number of hydrogen-bond donors (Lipinski definition) is 4. The first-order valence-electron chi connectivity index (χ1n) is 3.45. The van der Waals surface area contributed by atoms with Gasteiger partial charge >= 0.3 is 10.4 Å². The van der Waals surface area contributed by atoms with Crippen LogP contribution in [-0.4, -0.2) is 22.6 Å². The van der Waals surface area contributed by atoms with Gasteiger partial charge in [0.15, 0.2) is 0 Å². The van der Waals surface area contributed by atoms with Gasteiger partial charge in [-0.3, -0.25) is 9.11 Å². The van der Waals surface area contributed by atoms with E-state index in [-0.39, 0.29) is 5.75 Å². The predicted octanol–water partition coefficient (Wildman–Crippen LogP) is 0.630. The van der Waals surface area contributed by atoms with Crippen LogP contribution in [0.1, 0.15) is 5.56 Å². The van der Waals surface area contributed by atoms with Crippen LogP contribution in [0.3, 0.4) is 0 Å². The number of rotatable bonds is 0. The first kappa shape index (κ1) is 12.7. The summed E-state index contributed by atoms with van der Waals surface area (Å²) >= 11 is 0. The van der Waals surface area contributed by atoms with E-state index < -0.39 is 10.4 Å². The summed E-state index contributed by atoms with van der Waals surface area (Å²) < 4.78 is 31.6. The van der Waals surface area contributed by atoms with E-state index in [1.807, 2.05) is 6.92 Å². The molecule has 0 saturated carbocycles. The van der Waals surface area contributed by atoms with E-state index in [1.165, 1.54) is 0 Å². The lowest BCUT2D eigenvalue weighted by Gasteiger charge is -1.97. The van der Waals surface area contributed by atoms with Crippen molar-refractivity contribution in [3.63, 3.8) is 0 Å². The van der Waals surface area contributed by atoms with E-state index in [9.17, 15) is 0 Å². The van der Waals surface area contributed by atoms with Crippen LogP contribution in [0, 0.1) is 6.92 Å². The Hall–Kier alpha value is -1.31. The van der Waals surface area contributed by atoms with Crippen LogP contribution in [0.4, 0.5) is 5.69 Å². The van der Waals surface area contributed by atoms with Crippen LogP contribution in [0.2, 0.25) is 0 Å². The van der Waals surface area contributed by atoms with Crippen molar-refractivity contribution in [2.45, 2.75) is 6.92 Å². The maximum atomic E-state index is 8.88. The third-order valence-corrected chi connectivity index (χ3v) is 1.25. The molecule has 0 saturated heterocycles. The molecule has 14 heavy (non-hydrogen) atoms. The lowest BCUT2D eigenvalue weighted by Crippen LogP contribution is -1.89. The molecular weight excluding hydrogens is 210 g/mol. The number of benzene rings is 1. The van der Waals surface area contributed by atoms with E-state index in [2.05, 4.69) is 0 Å². The van der Waals surface area contributed by atoms with Gasteiger partial charge in [-0.25, -0.2) is 0 Å². The normalized spacial score (nSPS) is 10.2. The number of anilines is 1. The van der Waals surface area contributed by atoms with Gasteiger partial charge in [-0.15, -0.1) is 0 Å². The lowest BCUT2D eigenvalue weighted by molar-refractivity contribution is 0.381. The summed E-state index contributed by atoms with van der Waals surface area (Å²) in [6.45, 7) is 1.86. The molecule has 6 nitrogen and oxygen atoms in total. The number of phenolic OH excluding ortho intramolecular Hbond substituents is 1. The zero-order chi connectivity index (χ0) is 11.4. The van der Waals surface area contributed by atoms with Gasteiger partial charge in [0.2, 0.25) is 0 Å². The number of phenols is 1. The Morgan fingerprint density at radius 1 is 1.29 bits per heavy atom. The summed E-state index contributed by atoms with van der Waals surface area (Å²) in [5, 5.41) is 8.88. The number of nitrogen functional groups attached to an aromatic ring is 1. The van der Waals surface area contributed by atoms with E-state index in [1.54, 1.807) is 18.2 Å². The van der Waals surface area contributed by atoms with Crippen molar-refractivity contribution < 1.29 is 22.6 Å². The second kappa shape index (κ2) is 4.80. The quantitative estimate of drug-likeness (QED) is 0.289. The molecule has 0 spiro atoms. The highest BCUT2D eigenvalue weighted by Gasteiger charge is 1.91. The predicted molar refractivity (Wildman–Crippen MR) is 51.4 cm³/mol. The van der Waals surface area contributed by atoms with Gasteiger partial charge in [-0.2, -0.15) is 8.42 Å². The van der Waals surface area contributed by atoms with Gasteiger partial charge < -0.3 is 10.8 Å². The summed E-state index contributed by atoms with van der Waals surface area (Å²) in [5.74, 6) is 0.265. The zero-order valence-corrected chi connectivity index (χ0v) is 8.19. The second-order valence-electron chi connectivity index (χ2n) is 2.49. The maximum Gasteiger partial charge on any atom is 0.394 e. The number of nitrogens with two attached hydrogens (primary N) is 1. The Kier molecular flexibility index (Phi) is 4.35. The lowest BCUT2D eigenvalue weighted by atomic mass is 10.2. The van der Waals surface area contributed by atoms with Crippen LogP contribution < -0.4 is 5.73 Å². The second-order valence-corrected chi connectivity index (χ2v) is 3.38. The van der Waals surface area contributed by atoms with Gasteiger partial charge in [0.1, 0.15) is 5.75 Å². The minimum absolute atomic E-state index is 0.265. The van der Waals surface area contributed by atoms with Crippen LogP contribution in [0.15, 0.2) is 18.2 Å². The Balaban J connectivity index is 0.000000292. The number of hydrogen-bond acceptors (Lipinski definition) is 4. The Morgan fingerprint density at radius 2 is 1.71 bits per heavy atom. The third kappa shape index (κ3) is 7.35. The summed E-state index contributed by atoms with van der Waals surface area (Å²) in [4.78, 5) is 0. The number of aryl methyl sites for hydroxylation is 1. The molecule has 0 aliphatic rings.